The number of carbonyl (C=O) groups is 2. The molecule has 0 aliphatic carbocycles. The average Bonchev–Trinajstić information content (AvgIpc) is 2.41. The lowest BCUT2D eigenvalue weighted by molar-refractivity contribution is 0.0635. The van der Waals surface area contributed by atoms with E-state index in [-0.39, 0.29) is 22.9 Å². The Bertz CT molecular complexity index is 722. The zero-order chi connectivity index (χ0) is 18.5. The molecule has 0 radical (unpaired) electrons. The maximum atomic E-state index is 12.0. The number of ether oxygens (including phenoxy) is 2. The highest BCUT2D eigenvalue weighted by molar-refractivity contribution is 7.90. The molecule has 8 nitrogen and oxygen atoms in total. The first kappa shape index (κ1) is 19.9. The van der Waals surface area contributed by atoms with Gasteiger partial charge in [-0.25, -0.2) is 13.2 Å². The lowest BCUT2D eigenvalue weighted by Crippen LogP contribution is -2.28. The molecular weight excluding hydrogens is 336 g/mol. The average molecular weight is 358 g/mol. The Labute approximate surface area is 141 Å². The Morgan fingerprint density at radius 1 is 1.17 bits per heavy atom. The molecular formula is C15H22N2O6S. The number of rotatable bonds is 5. The van der Waals surface area contributed by atoms with E-state index >= 15 is 0 Å². The van der Waals surface area contributed by atoms with Crippen molar-refractivity contribution in [3.8, 4) is 0 Å². The minimum atomic E-state index is -3.58. The Hall–Kier alpha value is -2.13. The van der Waals surface area contributed by atoms with E-state index < -0.39 is 27.4 Å². The van der Waals surface area contributed by atoms with Crippen LogP contribution in [-0.2, 0) is 19.3 Å². The van der Waals surface area contributed by atoms with Gasteiger partial charge in [-0.3, -0.25) is 10.1 Å². The Morgan fingerprint density at radius 3 is 2.29 bits per heavy atom. The van der Waals surface area contributed by atoms with Gasteiger partial charge in [0.05, 0.1) is 4.90 Å². The monoisotopic (exact) mass is 358 g/mol. The molecule has 1 aromatic rings. The Kier molecular flexibility index (Phi) is 6.33. The molecule has 0 fully saturated rings. The quantitative estimate of drug-likeness (QED) is 0.776. The molecule has 24 heavy (non-hydrogen) atoms. The maximum Gasteiger partial charge on any atom is 0.412 e. The van der Waals surface area contributed by atoms with Gasteiger partial charge in [0.1, 0.15) is 12.3 Å². The summed E-state index contributed by atoms with van der Waals surface area (Å²) in [5, 5.41) is 4.87. The number of carbonyl (C=O) groups excluding carboxylic acids is 2. The van der Waals surface area contributed by atoms with Gasteiger partial charge in [-0.2, -0.15) is 0 Å². The molecule has 0 aliphatic heterocycles. The van der Waals surface area contributed by atoms with Crippen LogP contribution in [0, 0.1) is 0 Å². The van der Waals surface area contributed by atoms with E-state index in [1.165, 1.54) is 25.3 Å². The summed E-state index contributed by atoms with van der Waals surface area (Å²) in [5.41, 5.74) is -0.507. The fraction of sp³-hybridized carbons (Fsp3) is 0.467. The summed E-state index contributed by atoms with van der Waals surface area (Å²) in [6.45, 7) is 5.06. The van der Waals surface area contributed by atoms with Crippen LogP contribution in [0.25, 0.3) is 0 Å². The summed E-state index contributed by atoms with van der Waals surface area (Å²) in [6, 6.07) is 3.83. The molecule has 0 atom stereocenters. The molecule has 0 aliphatic rings. The second-order valence-corrected chi connectivity index (χ2v) is 8.10. The fourth-order valence-electron chi connectivity index (χ4n) is 1.68. The molecule has 9 heteroatoms. The van der Waals surface area contributed by atoms with Crippen LogP contribution >= 0.6 is 0 Å². The van der Waals surface area contributed by atoms with Gasteiger partial charge in [0.15, 0.2) is 9.84 Å². The second kappa shape index (κ2) is 7.63. The van der Waals surface area contributed by atoms with Crippen LogP contribution in [0.15, 0.2) is 23.1 Å². The third kappa shape index (κ3) is 6.55. The van der Waals surface area contributed by atoms with Crippen molar-refractivity contribution in [3.05, 3.63) is 23.8 Å². The molecule has 0 saturated heterocycles. The third-order valence-electron chi connectivity index (χ3n) is 2.62. The zero-order valence-corrected chi connectivity index (χ0v) is 15.1. The van der Waals surface area contributed by atoms with Crippen LogP contribution in [0.4, 0.5) is 10.5 Å². The van der Waals surface area contributed by atoms with Gasteiger partial charge in [-0.15, -0.1) is 0 Å². The minimum Gasteiger partial charge on any atom is -0.444 e. The Balaban J connectivity index is 3.15. The van der Waals surface area contributed by atoms with Gasteiger partial charge in [-0.05, 0) is 39.0 Å². The molecule has 0 spiro atoms. The summed E-state index contributed by atoms with van der Waals surface area (Å²) < 4.78 is 33.4. The van der Waals surface area contributed by atoms with Crippen molar-refractivity contribution < 1.29 is 27.5 Å². The Morgan fingerprint density at radius 2 is 1.79 bits per heavy atom. The highest BCUT2D eigenvalue weighted by Crippen LogP contribution is 2.20. The molecule has 0 bridgehead atoms. The summed E-state index contributed by atoms with van der Waals surface area (Å²) in [7, 11) is -2.17. The predicted octanol–water partition coefficient (Wildman–Crippen LogP) is 1.77. The van der Waals surface area contributed by atoms with Crippen LogP contribution in [0.3, 0.4) is 0 Å². The zero-order valence-electron chi connectivity index (χ0n) is 14.3. The molecule has 0 saturated carbocycles. The predicted molar refractivity (Wildman–Crippen MR) is 88.8 cm³/mol. The van der Waals surface area contributed by atoms with Crippen LogP contribution in [0.1, 0.15) is 31.1 Å². The van der Waals surface area contributed by atoms with E-state index in [0.717, 1.165) is 6.26 Å². The van der Waals surface area contributed by atoms with Crippen molar-refractivity contribution in [2.75, 3.05) is 25.4 Å². The second-order valence-electron chi connectivity index (χ2n) is 6.08. The number of anilines is 1. The summed E-state index contributed by atoms with van der Waals surface area (Å²) in [5.74, 6) is -0.533. The first-order valence-electron chi connectivity index (χ1n) is 7.04. The number of sulfone groups is 1. The lowest BCUT2D eigenvalue weighted by Gasteiger charge is -2.20. The number of hydrogen-bond donors (Lipinski definition) is 2. The first-order valence-corrected chi connectivity index (χ1v) is 8.94. The summed E-state index contributed by atoms with van der Waals surface area (Å²) >= 11 is 0. The summed E-state index contributed by atoms with van der Waals surface area (Å²) in [6.07, 6.45) is 0.257. The third-order valence-corrected chi connectivity index (χ3v) is 3.71. The minimum absolute atomic E-state index is 0.0310. The molecule has 1 rings (SSSR count). The van der Waals surface area contributed by atoms with Gasteiger partial charge < -0.3 is 14.8 Å². The van der Waals surface area contributed by atoms with Crippen LogP contribution < -0.4 is 10.6 Å². The van der Waals surface area contributed by atoms with E-state index in [9.17, 15) is 18.0 Å². The topological polar surface area (TPSA) is 111 Å². The SMILES string of the molecule is COCNC(=O)c1cc(NC(=O)OC(C)(C)C)cc(S(C)(=O)=O)c1. The van der Waals surface area contributed by atoms with E-state index in [2.05, 4.69) is 10.6 Å². The first-order chi connectivity index (χ1) is 10.9. The van der Waals surface area contributed by atoms with Crippen molar-refractivity contribution in [3.63, 3.8) is 0 Å². The molecule has 134 valence electrons. The molecule has 0 heterocycles. The maximum absolute atomic E-state index is 12.0. The number of methoxy groups -OCH3 is 1. The lowest BCUT2D eigenvalue weighted by atomic mass is 10.2. The van der Waals surface area contributed by atoms with Crippen molar-refractivity contribution in [2.24, 2.45) is 0 Å². The van der Waals surface area contributed by atoms with Crippen LogP contribution in [0.5, 0.6) is 0 Å². The molecule has 0 unspecified atom stereocenters. The summed E-state index contributed by atoms with van der Waals surface area (Å²) in [4.78, 5) is 23.8. The highest BCUT2D eigenvalue weighted by atomic mass is 32.2. The van der Waals surface area contributed by atoms with Crippen LogP contribution in [-0.4, -0.2) is 46.1 Å². The van der Waals surface area contributed by atoms with E-state index in [1.807, 2.05) is 0 Å². The van der Waals surface area contributed by atoms with E-state index in [4.69, 9.17) is 9.47 Å². The van der Waals surface area contributed by atoms with Gasteiger partial charge >= 0.3 is 6.09 Å². The normalized spacial score (nSPS) is 11.7. The van der Waals surface area contributed by atoms with Gasteiger partial charge in [0.25, 0.3) is 5.91 Å². The number of nitrogens with one attached hydrogen (secondary N) is 2. The van der Waals surface area contributed by atoms with Crippen molar-refractivity contribution in [2.45, 2.75) is 31.3 Å². The molecule has 1 aromatic carbocycles. The number of hydrogen-bond acceptors (Lipinski definition) is 6. The van der Waals surface area contributed by atoms with Crippen molar-refractivity contribution in [1.82, 2.24) is 5.32 Å². The van der Waals surface area contributed by atoms with E-state index in [0.29, 0.717) is 0 Å². The smallest absolute Gasteiger partial charge is 0.412 e. The largest absolute Gasteiger partial charge is 0.444 e. The van der Waals surface area contributed by atoms with Crippen molar-refractivity contribution in [1.29, 1.82) is 0 Å². The highest BCUT2D eigenvalue weighted by Gasteiger charge is 2.19. The van der Waals surface area contributed by atoms with E-state index in [1.54, 1.807) is 20.8 Å². The molecule has 0 aromatic heterocycles. The van der Waals surface area contributed by atoms with Crippen molar-refractivity contribution >= 4 is 27.5 Å². The van der Waals surface area contributed by atoms with Gasteiger partial charge in [-0.1, -0.05) is 0 Å². The standard InChI is InChI=1S/C15H22N2O6S/c1-15(2,3)23-14(19)17-11-6-10(13(18)16-9-22-4)7-12(8-11)24(5,20)21/h6-8H,9H2,1-5H3,(H,16,18)(H,17,19). The number of benzene rings is 1. The number of amides is 2. The fourth-order valence-corrected chi connectivity index (χ4v) is 2.36. The van der Waals surface area contributed by atoms with Gasteiger partial charge in [0, 0.05) is 24.6 Å². The van der Waals surface area contributed by atoms with Gasteiger partial charge in [0.2, 0.25) is 0 Å². The molecule has 2 N–H and O–H groups in total. The van der Waals surface area contributed by atoms with Crippen LogP contribution in [0.2, 0.25) is 0 Å². The molecule has 2 amide bonds.